The maximum absolute atomic E-state index is 14.7. The molecule has 2 aromatic carbocycles. The molecule has 0 spiro atoms. The fraction of sp³-hybridized carbons (Fsp3) is 0.267. The molecule has 4 N–H and O–H groups in total. The Bertz CT molecular complexity index is 1790. The topological polar surface area (TPSA) is 137 Å². The van der Waals surface area contributed by atoms with Crippen molar-refractivity contribution in [1.29, 1.82) is 0 Å². The molecule has 9 nitrogen and oxygen atoms in total. The Balaban J connectivity index is 1.56. The van der Waals surface area contributed by atoms with E-state index in [1.807, 2.05) is 5.32 Å². The number of nitrogens with one attached hydrogen (secondary N) is 1. The molecule has 15 heteroatoms. The predicted molar refractivity (Wildman–Crippen MR) is 147 cm³/mol. The second kappa shape index (κ2) is 11.5. The highest BCUT2D eigenvalue weighted by molar-refractivity contribution is 6.00. The minimum absolute atomic E-state index is 0.0821. The van der Waals surface area contributed by atoms with Crippen molar-refractivity contribution in [2.45, 2.75) is 30.5 Å². The van der Waals surface area contributed by atoms with E-state index in [9.17, 15) is 41.0 Å². The number of primary amides is 1. The van der Waals surface area contributed by atoms with Crippen molar-refractivity contribution in [3.8, 4) is 22.8 Å². The average Bonchev–Trinajstić information content (AvgIpc) is 3.35. The van der Waals surface area contributed by atoms with Crippen molar-refractivity contribution in [2.75, 3.05) is 19.8 Å². The van der Waals surface area contributed by atoms with Crippen LogP contribution in [0.15, 0.2) is 60.8 Å². The van der Waals surface area contributed by atoms with E-state index in [0.29, 0.717) is 0 Å². The number of carbonyl (C=O) groups excluding carboxylic acids is 2. The van der Waals surface area contributed by atoms with Crippen LogP contribution >= 0.6 is 0 Å². The number of hydrogen-bond donors (Lipinski definition) is 3. The number of pyridine rings is 2. The van der Waals surface area contributed by atoms with Crippen LogP contribution in [0.2, 0.25) is 0 Å². The van der Waals surface area contributed by atoms with Gasteiger partial charge in [-0.05, 0) is 55.5 Å². The second-order valence-corrected chi connectivity index (χ2v) is 10.5. The van der Waals surface area contributed by atoms with Crippen molar-refractivity contribution in [2.24, 2.45) is 5.73 Å². The molecule has 3 heterocycles. The first-order valence-corrected chi connectivity index (χ1v) is 13.3. The summed E-state index contributed by atoms with van der Waals surface area (Å²) in [5, 5.41) is 13.5. The van der Waals surface area contributed by atoms with Gasteiger partial charge >= 0.3 is 6.18 Å². The molecule has 0 radical (unpaired) electrons. The normalized spacial score (nSPS) is 17.4. The van der Waals surface area contributed by atoms with Crippen molar-refractivity contribution in [3.05, 3.63) is 83.4 Å². The summed E-state index contributed by atoms with van der Waals surface area (Å²) >= 11 is 0. The molecule has 2 atom stereocenters. The number of fused-ring (bicyclic) bond motifs is 2. The summed E-state index contributed by atoms with van der Waals surface area (Å²) in [6.45, 7) is -1.49. The van der Waals surface area contributed by atoms with Gasteiger partial charge in [0, 0.05) is 28.3 Å². The molecule has 2 amide bonds. The maximum atomic E-state index is 14.7. The van der Waals surface area contributed by atoms with Gasteiger partial charge in [0.2, 0.25) is 11.5 Å². The number of rotatable bonds is 9. The number of aliphatic hydroxyl groups is 1. The monoisotopic (exact) mass is 634 g/mol. The van der Waals surface area contributed by atoms with E-state index in [-0.39, 0.29) is 51.4 Å². The maximum Gasteiger partial charge on any atom is 0.424 e. The molecule has 0 saturated carbocycles. The SMILES string of the molecule is C[C@]1(C(N)=O)COc2c1cc(C(O)(CNC(=O)c1cc(OCC(F)F)c3ncccc3c1)C(F)(F)F)nc2-c1ccc(F)cc1. The summed E-state index contributed by atoms with van der Waals surface area (Å²) in [6.07, 6.45) is -6.94. The molecule has 1 aliphatic heterocycles. The standard InChI is InChI=1S/C30H24F6N4O5/c1-28(27(37)42)14-45-25-19(28)11-21(40-24(25)15-4-6-18(31)7-5-15)29(43,30(34,35)36)13-39-26(41)17-9-16-3-2-8-38-23(16)20(10-17)44-12-22(32)33/h2-11,22,43H,12-14H2,1H3,(H2,37,42)(H,39,41)/t28-,29?/m0/s1. The molecule has 0 aliphatic carbocycles. The molecule has 5 rings (SSSR count). The molecular weight excluding hydrogens is 610 g/mol. The lowest BCUT2D eigenvalue weighted by atomic mass is 9.81. The minimum Gasteiger partial charge on any atom is -0.489 e. The van der Waals surface area contributed by atoms with Crippen LogP contribution in [0, 0.1) is 5.82 Å². The van der Waals surface area contributed by atoms with Gasteiger partial charge in [0.25, 0.3) is 12.3 Å². The van der Waals surface area contributed by atoms with Gasteiger partial charge in [-0.2, -0.15) is 13.2 Å². The minimum atomic E-state index is -5.44. The Morgan fingerprint density at radius 2 is 1.87 bits per heavy atom. The van der Waals surface area contributed by atoms with Gasteiger partial charge in [-0.1, -0.05) is 6.07 Å². The Hall–Kier alpha value is -4.92. The molecule has 1 unspecified atom stereocenters. The number of nitrogens with zero attached hydrogens (tertiary/aromatic N) is 2. The van der Waals surface area contributed by atoms with E-state index in [1.165, 1.54) is 43.5 Å². The van der Waals surface area contributed by atoms with Crippen LogP contribution in [0.25, 0.3) is 22.2 Å². The molecule has 2 aromatic heterocycles. The largest absolute Gasteiger partial charge is 0.489 e. The van der Waals surface area contributed by atoms with Crippen LogP contribution < -0.4 is 20.5 Å². The van der Waals surface area contributed by atoms with E-state index in [1.54, 1.807) is 0 Å². The highest BCUT2D eigenvalue weighted by atomic mass is 19.4. The molecule has 0 saturated heterocycles. The number of halogens is 6. The van der Waals surface area contributed by atoms with Crippen LogP contribution in [0.3, 0.4) is 0 Å². The first kappa shape index (κ1) is 31.5. The molecule has 1 aliphatic rings. The van der Waals surface area contributed by atoms with E-state index >= 15 is 0 Å². The number of aromatic nitrogens is 2. The Morgan fingerprint density at radius 1 is 1.16 bits per heavy atom. The summed E-state index contributed by atoms with van der Waals surface area (Å²) in [5.74, 6) is -2.98. The molecule has 45 heavy (non-hydrogen) atoms. The number of alkyl halides is 5. The van der Waals surface area contributed by atoms with E-state index in [0.717, 1.165) is 24.3 Å². The number of amides is 2. The zero-order valence-electron chi connectivity index (χ0n) is 23.3. The third-order valence-electron chi connectivity index (χ3n) is 7.43. The molecule has 0 fully saturated rings. The first-order valence-electron chi connectivity index (χ1n) is 13.3. The van der Waals surface area contributed by atoms with E-state index < -0.39 is 60.1 Å². The zero-order chi connectivity index (χ0) is 32.7. The number of benzene rings is 2. The summed E-state index contributed by atoms with van der Waals surface area (Å²) in [6, 6.07) is 10.6. The van der Waals surface area contributed by atoms with Crippen molar-refractivity contribution >= 4 is 22.7 Å². The number of nitrogens with two attached hydrogens (primary N) is 1. The number of hydrogen-bond acceptors (Lipinski definition) is 7. The zero-order valence-corrected chi connectivity index (χ0v) is 23.3. The summed E-state index contributed by atoms with van der Waals surface area (Å²) in [5.41, 5.74) is -1.25. The molecule has 236 valence electrons. The highest BCUT2D eigenvalue weighted by Gasteiger charge is 2.57. The second-order valence-electron chi connectivity index (χ2n) is 10.5. The summed E-state index contributed by atoms with van der Waals surface area (Å²) in [4.78, 5) is 33.6. The predicted octanol–water partition coefficient (Wildman–Crippen LogP) is 4.40. The summed E-state index contributed by atoms with van der Waals surface area (Å²) < 4.78 is 94.0. The summed E-state index contributed by atoms with van der Waals surface area (Å²) in [7, 11) is 0. The lowest BCUT2D eigenvalue weighted by Crippen LogP contribution is -2.51. The van der Waals surface area contributed by atoms with Crippen LogP contribution in [-0.4, -0.2) is 59.2 Å². The lowest BCUT2D eigenvalue weighted by molar-refractivity contribution is -0.265. The average molecular weight is 635 g/mol. The third kappa shape index (κ3) is 5.82. The smallest absolute Gasteiger partial charge is 0.424 e. The van der Waals surface area contributed by atoms with Crippen molar-refractivity contribution in [1.82, 2.24) is 15.3 Å². The molecule has 4 aromatic rings. The number of carbonyl (C=O) groups is 2. The van der Waals surface area contributed by atoms with Crippen molar-refractivity contribution in [3.63, 3.8) is 0 Å². The first-order chi connectivity index (χ1) is 21.1. The highest BCUT2D eigenvalue weighted by Crippen LogP contribution is 2.47. The van der Waals surface area contributed by atoms with Gasteiger partial charge in [0.1, 0.15) is 47.2 Å². The molecule has 0 bridgehead atoms. The van der Waals surface area contributed by atoms with Gasteiger partial charge in [-0.15, -0.1) is 0 Å². The fourth-order valence-corrected chi connectivity index (χ4v) is 4.80. The van der Waals surface area contributed by atoms with Crippen molar-refractivity contribution < 1.29 is 50.5 Å². The van der Waals surface area contributed by atoms with Crippen LogP contribution in [0.5, 0.6) is 11.5 Å². The third-order valence-corrected chi connectivity index (χ3v) is 7.43. The van der Waals surface area contributed by atoms with Crippen LogP contribution in [-0.2, 0) is 15.8 Å². The van der Waals surface area contributed by atoms with E-state index in [2.05, 4.69) is 9.97 Å². The Labute approximate surface area is 251 Å². The Kier molecular flexibility index (Phi) is 8.08. The van der Waals surface area contributed by atoms with Gasteiger partial charge in [0.05, 0.1) is 12.2 Å². The van der Waals surface area contributed by atoms with Gasteiger partial charge < -0.3 is 25.6 Å². The van der Waals surface area contributed by atoms with E-state index in [4.69, 9.17) is 15.2 Å². The Morgan fingerprint density at radius 3 is 2.51 bits per heavy atom. The van der Waals surface area contributed by atoms with Gasteiger partial charge in [0.15, 0.2) is 0 Å². The fourth-order valence-electron chi connectivity index (χ4n) is 4.80. The molecular formula is C30H24F6N4O5. The van der Waals surface area contributed by atoms with Crippen LogP contribution in [0.1, 0.15) is 28.5 Å². The quantitative estimate of drug-likeness (QED) is 0.232. The van der Waals surface area contributed by atoms with Gasteiger partial charge in [-0.25, -0.2) is 18.2 Å². The van der Waals surface area contributed by atoms with Gasteiger partial charge in [-0.3, -0.25) is 14.6 Å². The van der Waals surface area contributed by atoms with Crippen LogP contribution in [0.4, 0.5) is 26.3 Å². The lowest BCUT2D eigenvalue weighted by Gasteiger charge is -2.31. The number of ether oxygens (including phenoxy) is 2.